The number of nitrogen functional groups attached to an aromatic ring is 1. The molecular formula is C14H17F2N3O. The number of benzene rings is 1. The lowest BCUT2D eigenvalue weighted by atomic mass is 9.90. The zero-order valence-corrected chi connectivity index (χ0v) is 11.0. The fraction of sp³-hybridized carbons (Fsp3) is 0.500. The molecule has 1 aromatic carbocycles. The van der Waals surface area contributed by atoms with Gasteiger partial charge in [-0.15, -0.1) is 0 Å². The Bertz CT molecular complexity index is 535. The zero-order chi connectivity index (χ0) is 14.3. The van der Waals surface area contributed by atoms with Crippen LogP contribution >= 0.6 is 0 Å². The molecule has 0 spiro atoms. The molecule has 4 nitrogen and oxygen atoms in total. The quantitative estimate of drug-likeness (QED) is 0.814. The smallest absolute Gasteiger partial charge is 0.265 e. The molecule has 2 unspecified atom stereocenters. The van der Waals surface area contributed by atoms with Crippen LogP contribution in [0, 0.1) is 5.92 Å². The van der Waals surface area contributed by atoms with Gasteiger partial charge in [0.1, 0.15) is 0 Å². The monoisotopic (exact) mass is 281 g/mol. The Labute approximate surface area is 115 Å². The van der Waals surface area contributed by atoms with Crippen LogP contribution in [0.25, 0.3) is 0 Å². The third-order valence-electron chi connectivity index (χ3n) is 4.20. The van der Waals surface area contributed by atoms with Crippen molar-refractivity contribution in [3.8, 4) is 0 Å². The topological polar surface area (TPSA) is 58.4 Å². The molecule has 0 saturated carbocycles. The van der Waals surface area contributed by atoms with Crippen LogP contribution in [-0.4, -0.2) is 25.0 Å². The van der Waals surface area contributed by atoms with E-state index in [2.05, 4.69) is 5.32 Å². The first-order valence-corrected chi connectivity index (χ1v) is 6.80. The molecule has 0 bridgehead atoms. The van der Waals surface area contributed by atoms with E-state index >= 15 is 0 Å². The molecule has 2 fully saturated rings. The van der Waals surface area contributed by atoms with Gasteiger partial charge in [0.15, 0.2) is 0 Å². The van der Waals surface area contributed by atoms with Gasteiger partial charge in [0.2, 0.25) is 5.91 Å². The van der Waals surface area contributed by atoms with Gasteiger partial charge in [0, 0.05) is 30.0 Å². The molecule has 2 heterocycles. The number of alkyl halides is 2. The predicted molar refractivity (Wildman–Crippen MR) is 72.7 cm³/mol. The van der Waals surface area contributed by atoms with E-state index in [1.165, 1.54) is 6.07 Å². The third-order valence-corrected chi connectivity index (χ3v) is 4.20. The molecule has 0 radical (unpaired) electrons. The molecular weight excluding hydrogens is 264 g/mol. The minimum absolute atomic E-state index is 0.0302. The molecule has 2 saturated heterocycles. The van der Waals surface area contributed by atoms with Crippen molar-refractivity contribution in [3.63, 3.8) is 0 Å². The minimum atomic E-state index is -2.57. The lowest BCUT2D eigenvalue weighted by Gasteiger charge is -2.38. The number of piperidine rings is 1. The molecule has 3 N–H and O–H groups in total. The van der Waals surface area contributed by atoms with E-state index in [0.717, 1.165) is 12.8 Å². The number of carbonyl (C=O) groups is 1. The molecule has 6 heteroatoms. The second-order valence-electron chi connectivity index (χ2n) is 5.37. The molecule has 2 aliphatic heterocycles. The van der Waals surface area contributed by atoms with Crippen LogP contribution in [0.2, 0.25) is 0 Å². The van der Waals surface area contributed by atoms with Gasteiger partial charge in [-0.3, -0.25) is 4.79 Å². The number of anilines is 2. The Balaban J connectivity index is 1.98. The number of nitrogens with zero attached hydrogens (tertiary/aromatic N) is 1. The van der Waals surface area contributed by atoms with Crippen LogP contribution in [0.4, 0.5) is 20.2 Å². The lowest BCUT2D eigenvalue weighted by Crippen LogP contribution is -2.46. The summed E-state index contributed by atoms with van der Waals surface area (Å²) in [4.78, 5) is 13.7. The second-order valence-corrected chi connectivity index (χ2v) is 5.37. The lowest BCUT2D eigenvalue weighted by molar-refractivity contribution is -0.122. The summed E-state index contributed by atoms with van der Waals surface area (Å²) in [5, 5.41) is 2.83. The van der Waals surface area contributed by atoms with Crippen LogP contribution in [0.1, 0.15) is 24.8 Å². The van der Waals surface area contributed by atoms with E-state index in [1.807, 2.05) is 4.90 Å². The Morgan fingerprint density at radius 3 is 2.95 bits per heavy atom. The van der Waals surface area contributed by atoms with E-state index < -0.39 is 6.43 Å². The van der Waals surface area contributed by atoms with Crippen molar-refractivity contribution in [3.05, 3.63) is 23.8 Å². The maximum absolute atomic E-state index is 13.2. The van der Waals surface area contributed by atoms with Gasteiger partial charge < -0.3 is 16.0 Å². The van der Waals surface area contributed by atoms with E-state index in [0.29, 0.717) is 24.5 Å². The van der Waals surface area contributed by atoms with Gasteiger partial charge in [-0.25, -0.2) is 8.78 Å². The van der Waals surface area contributed by atoms with E-state index in [1.54, 1.807) is 12.1 Å². The first-order valence-electron chi connectivity index (χ1n) is 6.80. The summed E-state index contributed by atoms with van der Waals surface area (Å²) in [7, 11) is 0. The van der Waals surface area contributed by atoms with Crippen LogP contribution in [0.5, 0.6) is 0 Å². The normalized spacial score (nSPS) is 25.8. The molecule has 108 valence electrons. The highest BCUT2D eigenvalue weighted by Crippen LogP contribution is 2.37. The average Bonchev–Trinajstić information content (AvgIpc) is 2.81. The minimum Gasteiger partial charge on any atom is -0.399 e. The number of hydrogen-bond donors (Lipinski definition) is 2. The molecule has 2 atom stereocenters. The molecule has 0 aliphatic carbocycles. The molecule has 1 aromatic rings. The summed E-state index contributed by atoms with van der Waals surface area (Å²) in [6.07, 6.45) is -0.910. The van der Waals surface area contributed by atoms with Crippen LogP contribution in [0.15, 0.2) is 18.2 Å². The van der Waals surface area contributed by atoms with Gasteiger partial charge in [-0.1, -0.05) is 0 Å². The van der Waals surface area contributed by atoms with Gasteiger partial charge in [-0.2, -0.15) is 0 Å². The highest BCUT2D eigenvalue weighted by atomic mass is 19.3. The Kier molecular flexibility index (Phi) is 3.23. The SMILES string of the molecule is Nc1ccc(N2CCCC3C(=O)NCC32)c(C(F)F)c1. The summed E-state index contributed by atoms with van der Waals surface area (Å²) in [6.45, 7) is 1.22. The second kappa shape index (κ2) is 4.92. The summed E-state index contributed by atoms with van der Waals surface area (Å²) in [6, 6.07) is 4.57. The summed E-state index contributed by atoms with van der Waals surface area (Å²) in [5.41, 5.74) is 6.39. The molecule has 3 rings (SSSR count). The molecule has 0 aromatic heterocycles. The maximum atomic E-state index is 13.2. The number of rotatable bonds is 2. The van der Waals surface area contributed by atoms with Gasteiger partial charge in [0.25, 0.3) is 6.43 Å². The predicted octanol–water partition coefficient (Wildman–Crippen LogP) is 1.92. The number of hydrogen-bond acceptors (Lipinski definition) is 3. The van der Waals surface area contributed by atoms with Crippen molar-refractivity contribution in [1.82, 2.24) is 5.32 Å². The number of halogens is 2. The van der Waals surface area contributed by atoms with Crippen molar-refractivity contribution < 1.29 is 13.6 Å². The highest BCUT2D eigenvalue weighted by Gasteiger charge is 2.41. The Hall–Kier alpha value is -1.85. The standard InChI is InChI=1S/C14H17F2N3O/c15-13(16)10-6-8(17)3-4-11(10)19-5-1-2-9-12(19)7-18-14(9)20/h3-4,6,9,12-13H,1-2,5,7,17H2,(H,18,20). The summed E-state index contributed by atoms with van der Waals surface area (Å²) < 4.78 is 26.4. The Morgan fingerprint density at radius 2 is 2.20 bits per heavy atom. The third kappa shape index (κ3) is 2.09. The van der Waals surface area contributed by atoms with E-state index in [-0.39, 0.29) is 23.4 Å². The van der Waals surface area contributed by atoms with Crippen LogP contribution in [-0.2, 0) is 4.79 Å². The first kappa shape index (κ1) is 13.1. The molecule has 1 amide bonds. The number of nitrogens with one attached hydrogen (secondary N) is 1. The van der Waals surface area contributed by atoms with Gasteiger partial charge in [0.05, 0.1) is 12.0 Å². The molecule has 2 aliphatic rings. The van der Waals surface area contributed by atoms with Crippen LogP contribution < -0.4 is 16.0 Å². The fourth-order valence-corrected chi connectivity index (χ4v) is 3.26. The van der Waals surface area contributed by atoms with Crippen molar-refractivity contribution in [2.24, 2.45) is 5.92 Å². The fourth-order valence-electron chi connectivity index (χ4n) is 3.26. The summed E-state index contributed by atoms with van der Waals surface area (Å²) >= 11 is 0. The average molecular weight is 281 g/mol. The largest absolute Gasteiger partial charge is 0.399 e. The number of nitrogens with two attached hydrogens (primary N) is 1. The number of carbonyl (C=O) groups excluding carboxylic acids is 1. The zero-order valence-electron chi connectivity index (χ0n) is 11.0. The number of amides is 1. The molecule has 20 heavy (non-hydrogen) atoms. The highest BCUT2D eigenvalue weighted by molar-refractivity contribution is 5.83. The van der Waals surface area contributed by atoms with Crippen molar-refractivity contribution in [1.29, 1.82) is 0 Å². The van der Waals surface area contributed by atoms with E-state index in [9.17, 15) is 13.6 Å². The van der Waals surface area contributed by atoms with Gasteiger partial charge >= 0.3 is 0 Å². The van der Waals surface area contributed by atoms with Crippen LogP contribution in [0.3, 0.4) is 0 Å². The van der Waals surface area contributed by atoms with Crippen molar-refractivity contribution in [2.45, 2.75) is 25.3 Å². The van der Waals surface area contributed by atoms with Gasteiger partial charge in [-0.05, 0) is 31.0 Å². The van der Waals surface area contributed by atoms with Crippen molar-refractivity contribution in [2.75, 3.05) is 23.7 Å². The summed E-state index contributed by atoms with van der Waals surface area (Å²) in [5.74, 6) is -0.0550. The van der Waals surface area contributed by atoms with E-state index in [4.69, 9.17) is 5.73 Å². The first-order chi connectivity index (χ1) is 9.58. The Morgan fingerprint density at radius 1 is 1.40 bits per heavy atom. The van der Waals surface area contributed by atoms with Crippen molar-refractivity contribution >= 4 is 17.3 Å². The number of fused-ring (bicyclic) bond motifs is 1. The maximum Gasteiger partial charge on any atom is 0.265 e.